The molecule has 0 aliphatic heterocycles. The number of hydrogen-bond donors (Lipinski definition) is 3. The van der Waals surface area contributed by atoms with Crippen molar-refractivity contribution in [1.29, 1.82) is 0 Å². The maximum atomic E-state index is 11.8. The van der Waals surface area contributed by atoms with Gasteiger partial charge in [0.05, 0.1) is 0 Å². The Morgan fingerprint density at radius 1 is 1.33 bits per heavy atom. The summed E-state index contributed by atoms with van der Waals surface area (Å²) in [4.78, 5) is 11.4. The second kappa shape index (κ2) is 5.54. The molecule has 0 saturated heterocycles. The molecule has 106 valence electrons. The summed E-state index contributed by atoms with van der Waals surface area (Å²) in [7, 11) is -3.78. The van der Waals surface area contributed by atoms with Gasteiger partial charge in [-0.05, 0) is 45.4 Å². The third kappa shape index (κ3) is 3.93. The summed E-state index contributed by atoms with van der Waals surface area (Å²) in [5, 5.41) is 9.32. The number of nitrogens with one attached hydrogen (secondary N) is 2. The molecule has 1 aliphatic rings. The van der Waals surface area contributed by atoms with Crippen molar-refractivity contribution in [2.24, 2.45) is 5.92 Å². The van der Waals surface area contributed by atoms with E-state index in [4.69, 9.17) is 0 Å². The molecule has 0 bridgehead atoms. The Hall–Kier alpha value is -0.660. The van der Waals surface area contributed by atoms with Gasteiger partial charge < -0.3 is 5.11 Å². The van der Waals surface area contributed by atoms with E-state index < -0.39 is 21.7 Å². The van der Waals surface area contributed by atoms with Crippen molar-refractivity contribution in [2.45, 2.75) is 58.0 Å². The lowest BCUT2D eigenvalue weighted by Gasteiger charge is -2.36. The molecular weight excluding hydrogens is 256 g/mol. The third-order valence-corrected chi connectivity index (χ3v) is 4.70. The molecule has 1 fully saturated rings. The van der Waals surface area contributed by atoms with Crippen LogP contribution >= 0.6 is 0 Å². The van der Waals surface area contributed by atoms with Gasteiger partial charge in [0.15, 0.2) is 0 Å². The first-order valence-electron chi connectivity index (χ1n) is 6.21. The minimum atomic E-state index is -3.78. The van der Waals surface area contributed by atoms with Gasteiger partial charge in [-0.1, -0.05) is 6.92 Å². The number of carboxylic acid groups (broad SMARTS) is 1. The highest BCUT2D eigenvalue weighted by Crippen LogP contribution is 2.32. The Kier molecular flexibility index (Phi) is 4.74. The summed E-state index contributed by atoms with van der Waals surface area (Å²) in [5.41, 5.74) is -1.35. The molecule has 0 spiro atoms. The zero-order chi connectivity index (χ0) is 14.0. The lowest BCUT2D eigenvalue weighted by atomic mass is 9.78. The van der Waals surface area contributed by atoms with Gasteiger partial charge in [-0.3, -0.25) is 4.79 Å². The van der Waals surface area contributed by atoms with Crippen LogP contribution in [0.2, 0.25) is 0 Å². The van der Waals surface area contributed by atoms with Crippen LogP contribution < -0.4 is 9.44 Å². The van der Waals surface area contributed by atoms with Crippen molar-refractivity contribution in [1.82, 2.24) is 9.44 Å². The quantitative estimate of drug-likeness (QED) is 0.695. The Morgan fingerprint density at radius 3 is 2.22 bits per heavy atom. The van der Waals surface area contributed by atoms with Crippen LogP contribution in [0.5, 0.6) is 0 Å². The Labute approximate surface area is 108 Å². The van der Waals surface area contributed by atoms with Crippen LogP contribution in [0.15, 0.2) is 0 Å². The predicted molar refractivity (Wildman–Crippen MR) is 68.3 cm³/mol. The first kappa shape index (κ1) is 15.4. The van der Waals surface area contributed by atoms with Crippen LogP contribution in [-0.2, 0) is 15.0 Å². The van der Waals surface area contributed by atoms with E-state index in [0.29, 0.717) is 18.8 Å². The van der Waals surface area contributed by atoms with Crippen LogP contribution in [0.4, 0.5) is 0 Å². The lowest BCUT2D eigenvalue weighted by molar-refractivity contribution is -0.145. The standard InChI is InChI=1S/C11H22N2O4S/c1-8(2)12-18(16,17)13-11(10(14)15)6-4-9(3)5-7-11/h8-9,12-13H,4-7H2,1-3H3,(H,14,15). The molecule has 0 amide bonds. The minimum absolute atomic E-state index is 0.268. The lowest BCUT2D eigenvalue weighted by Crippen LogP contribution is -2.59. The molecule has 0 radical (unpaired) electrons. The van der Waals surface area contributed by atoms with E-state index in [0.717, 1.165) is 12.8 Å². The summed E-state index contributed by atoms with van der Waals surface area (Å²) in [6, 6.07) is -0.268. The molecule has 1 saturated carbocycles. The summed E-state index contributed by atoms with van der Waals surface area (Å²) in [6.07, 6.45) is 2.11. The van der Waals surface area contributed by atoms with E-state index in [1.54, 1.807) is 13.8 Å². The third-order valence-electron chi connectivity index (χ3n) is 3.26. The van der Waals surface area contributed by atoms with Crippen molar-refractivity contribution >= 4 is 16.2 Å². The predicted octanol–water partition coefficient (Wildman–Crippen LogP) is 0.852. The maximum absolute atomic E-state index is 11.8. The van der Waals surface area contributed by atoms with Gasteiger partial charge in [-0.15, -0.1) is 0 Å². The molecule has 0 heterocycles. The van der Waals surface area contributed by atoms with Crippen LogP contribution in [0.3, 0.4) is 0 Å². The molecule has 0 aromatic heterocycles. The molecule has 3 N–H and O–H groups in total. The number of carbonyl (C=O) groups is 1. The average molecular weight is 278 g/mol. The fourth-order valence-corrected chi connectivity index (χ4v) is 3.70. The summed E-state index contributed by atoms with van der Waals surface area (Å²) >= 11 is 0. The monoisotopic (exact) mass is 278 g/mol. The van der Waals surface area contributed by atoms with Crippen LogP contribution in [0, 0.1) is 5.92 Å². The zero-order valence-electron chi connectivity index (χ0n) is 11.1. The normalized spacial score (nSPS) is 29.4. The first-order valence-corrected chi connectivity index (χ1v) is 7.70. The van der Waals surface area contributed by atoms with E-state index in [2.05, 4.69) is 9.44 Å². The molecule has 7 heteroatoms. The number of hydrogen-bond acceptors (Lipinski definition) is 3. The highest BCUT2D eigenvalue weighted by Gasteiger charge is 2.44. The topological polar surface area (TPSA) is 95.5 Å². The van der Waals surface area contributed by atoms with Crippen LogP contribution in [0.1, 0.15) is 46.5 Å². The molecule has 0 aromatic carbocycles. The zero-order valence-corrected chi connectivity index (χ0v) is 11.9. The van der Waals surface area contributed by atoms with Gasteiger partial charge in [0.1, 0.15) is 5.54 Å². The van der Waals surface area contributed by atoms with Gasteiger partial charge in [0, 0.05) is 6.04 Å². The van der Waals surface area contributed by atoms with Gasteiger partial charge in [-0.2, -0.15) is 17.9 Å². The Balaban J connectivity index is 2.85. The van der Waals surface area contributed by atoms with Crippen molar-refractivity contribution in [3.63, 3.8) is 0 Å². The summed E-state index contributed by atoms with van der Waals surface area (Å²) in [5.74, 6) is -0.649. The minimum Gasteiger partial charge on any atom is -0.480 e. The highest BCUT2D eigenvalue weighted by molar-refractivity contribution is 7.87. The maximum Gasteiger partial charge on any atom is 0.324 e. The average Bonchev–Trinajstić information content (AvgIpc) is 2.19. The fraction of sp³-hybridized carbons (Fsp3) is 0.909. The molecule has 6 nitrogen and oxygen atoms in total. The molecule has 1 rings (SSSR count). The van der Waals surface area contributed by atoms with Gasteiger partial charge in [0.2, 0.25) is 0 Å². The van der Waals surface area contributed by atoms with Crippen molar-refractivity contribution in [3.8, 4) is 0 Å². The largest absolute Gasteiger partial charge is 0.480 e. The molecule has 0 unspecified atom stereocenters. The Bertz CT molecular complexity index is 397. The van der Waals surface area contributed by atoms with E-state index in [1.807, 2.05) is 6.92 Å². The molecule has 18 heavy (non-hydrogen) atoms. The van der Waals surface area contributed by atoms with Crippen LogP contribution in [0.25, 0.3) is 0 Å². The van der Waals surface area contributed by atoms with E-state index in [1.165, 1.54) is 0 Å². The smallest absolute Gasteiger partial charge is 0.324 e. The summed E-state index contributed by atoms with van der Waals surface area (Å²) in [6.45, 7) is 5.43. The van der Waals surface area contributed by atoms with Gasteiger partial charge in [-0.25, -0.2) is 0 Å². The summed E-state index contributed by atoms with van der Waals surface area (Å²) < 4.78 is 28.3. The van der Waals surface area contributed by atoms with Gasteiger partial charge >= 0.3 is 5.97 Å². The van der Waals surface area contributed by atoms with Crippen molar-refractivity contribution in [3.05, 3.63) is 0 Å². The van der Waals surface area contributed by atoms with E-state index in [9.17, 15) is 18.3 Å². The second-order valence-corrected chi connectivity index (χ2v) is 6.89. The molecule has 0 aromatic rings. The highest BCUT2D eigenvalue weighted by atomic mass is 32.2. The molecule has 1 aliphatic carbocycles. The van der Waals surface area contributed by atoms with Crippen LogP contribution in [-0.4, -0.2) is 31.1 Å². The molecule has 0 atom stereocenters. The van der Waals surface area contributed by atoms with Gasteiger partial charge in [0.25, 0.3) is 10.2 Å². The Morgan fingerprint density at radius 2 is 1.83 bits per heavy atom. The van der Waals surface area contributed by atoms with Crippen molar-refractivity contribution in [2.75, 3.05) is 0 Å². The number of carboxylic acids is 1. The SMILES string of the molecule is CC1CCC(NS(=O)(=O)NC(C)C)(C(=O)O)CC1. The number of rotatable bonds is 5. The number of aliphatic carboxylic acids is 1. The fourth-order valence-electron chi connectivity index (χ4n) is 2.21. The second-order valence-electron chi connectivity index (χ2n) is 5.45. The molecular formula is C11H22N2O4S. The van der Waals surface area contributed by atoms with E-state index >= 15 is 0 Å². The van der Waals surface area contributed by atoms with Crippen molar-refractivity contribution < 1.29 is 18.3 Å². The first-order chi connectivity index (χ1) is 8.17. The van der Waals surface area contributed by atoms with E-state index in [-0.39, 0.29) is 6.04 Å².